The van der Waals surface area contributed by atoms with Crippen molar-refractivity contribution < 1.29 is 14.6 Å². The van der Waals surface area contributed by atoms with Crippen molar-refractivity contribution in [3.8, 4) is 5.75 Å². The zero-order chi connectivity index (χ0) is 17.5. The van der Waals surface area contributed by atoms with Crippen molar-refractivity contribution in [1.82, 2.24) is 0 Å². The van der Waals surface area contributed by atoms with E-state index in [2.05, 4.69) is 0 Å². The monoisotopic (exact) mass is 331 g/mol. The van der Waals surface area contributed by atoms with Gasteiger partial charge in [-0.05, 0) is 35.2 Å². The Labute approximate surface area is 147 Å². The van der Waals surface area contributed by atoms with Crippen molar-refractivity contribution in [1.29, 1.82) is 0 Å². The summed E-state index contributed by atoms with van der Waals surface area (Å²) in [6.45, 7) is 0.480. The van der Waals surface area contributed by atoms with E-state index in [1.165, 1.54) is 0 Å². The Morgan fingerprint density at radius 2 is 1.36 bits per heavy atom. The Balaban J connectivity index is 1.67. The number of ether oxygens (including phenoxy) is 1. The summed E-state index contributed by atoms with van der Waals surface area (Å²) >= 11 is 0. The molecule has 0 saturated heterocycles. The van der Waals surface area contributed by atoms with Crippen LogP contribution in [0.2, 0.25) is 0 Å². The molecular formula is C22H19O3-. The van der Waals surface area contributed by atoms with Crippen LogP contribution in [0.1, 0.15) is 22.6 Å². The van der Waals surface area contributed by atoms with E-state index >= 15 is 0 Å². The van der Waals surface area contributed by atoms with Crippen LogP contribution in [0.15, 0.2) is 84.9 Å². The largest absolute Gasteiger partial charge is 0.549 e. The van der Waals surface area contributed by atoms with Gasteiger partial charge in [-0.15, -0.1) is 0 Å². The maximum atomic E-state index is 11.6. The van der Waals surface area contributed by atoms with Gasteiger partial charge in [-0.2, -0.15) is 0 Å². The number of hydrogen-bond acceptors (Lipinski definition) is 3. The summed E-state index contributed by atoms with van der Waals surface area (Å²) in [7, 11) is 0. The number of aliphatic carboxylic acids is 1. The average molecular weight is 331 g/mol. The third-order valence-electron chi connectivity index (χ3n) is 4.10. The molecule has 3 nitrogen and oxygen atoms in total. The summed E-state index contributed by atoms with van der Waals surface area (Å²) in [5.41, 5.74) is 2.78. The van der Waals surface area contributed by atoms with E-state index in [4.69, 9.17) is 4.74 Å². The number of benzene rings is 3. The van der Waals surface area contributed by atoms with Crippen molar-refractivity contribution in [3.63, 3.8) is 0 Å². The second-order valence-corrected chi connectivity index (χ2v) is 5.90. The summed E-state index contributed by atoms with van der Waals surface area (Å²) in [5, 5.41) is 11.6. The lowest BCUT2D eigenvalue weighted by molar-refractivity contribution is -0.308. The standard InChI is InChI=1S/C22H20O3/c23-22(24)21(15-17-7-3-1-4-8-17)19-11-13-20(14-12-19)25-16-18-9-5-2-6-10-18/h1-14,21H,15-16H2,(H,23,24)/p-1. The summed E-state index contributed by atoms with van der Waals surface area (Å²) in [5.74, 6) is -1.03. The first kappa shape index (κ1) is 16.8. The molecule has 0 aliphatic carbocycles. The topological polar surface area (TPSA) is 49.4 Å². The molecule has 3 aromatic rings. The van der Waals surface area contributed by atoms with E-state index in [0.717, 1.165) is 16.7 Å². The Morgan fingerprint density at radius 1 is 0.800 bits per heavy atom. The third kappa shape index (κ3) is 4.70. The van der Waals surface area contributed by atoms with Crippen LogP contribution in [0.25, 0.3) is 0 Å². The summed E-state index contributed by atoms with van der Waals surface area (Å²) in [6, 6.07) is 26.7. The predicted octanol–water partition coefficient (Wildman–Crippen LogP) is 3.34. The van der Waals surface area contributed by atoms with Gasteiger partial charge in [0.25, 0.3) is 0 Å². The van der Waals surface area contributed by atoms with Crippen molar-refractivity contribution in [2.75, 3.05) is 0 Å². The molecule has 0 aliphatic rings. The number of hydrogen-bond donors (Lipinski definition) is 0. The zero-order valence-corrected chi connectivity index (χ0v) is 13.8. The first-order valence-electron chi connectivity index (χ1n) is 8.24. The molecule has 126 valence electrons. The third-order valence-corrected chi connectivity index (χ3v) is 4.10. The highest BCUT2D eigenvalue weighted by Crippen LogP contribution is 2.23. The van der Waals surface area contributed by atoms with Crippen molar-refractivity contribution in [3.05, 3.63) is 102 Å². The molecule has 0 aromatic heterocycles. The van der Waals surface area contributed by atoms with Gasteiger partial charge in [0, 0.05) is 11.9 Å². The van der Waals surface area contributed by atoms with Gasteiger partial charge in [-0.25, -0.2) is 0 Å². The highest BCUT2D eigenvalue weighted by Gasteiger charge is 2.14. The fraction of sp³-hybridized carbons (Fsp3) is 0.136. The lowest BCUT2D eigenvalue weighted by Crippen LogP contribution is -2.31. The van der Waals surface area contributed by atoms with E-state index in [-0.39, 0.29) is 0 Å². The summed E-state index contributed by atoms with van der Waals surface area (Å²) in [6.07, 6.45) is 0.410. The molecule has 0 bridgehead atoms. The Bertz CT molecular complexity index is 796. The van der Waals surface area contributed by atoms with Crippen LogP contribution in [-0.2, 0) is 17.8 Å². The first-order chi connectivity index (χ1) is 12.2. The van der Waals surface area contributed by atoms with Crippen LogP contribution in [0.3, 0.4) is 0 Å². The molecule has 0 spiro atoms. The number of carboxylic acid groups (broad SMARTS) is 1. The highest BCUT2D eigenvalue weighted by molar-refractivity contribution is 5.74. The molecular weight excluding hydrogens is 312 g/mol. The van der Waals surface area contributed by atoms with Crippen LogP contribution >= 0.6 is 0 Å². The Morgan fingerprint density at radius 3 is 1.92 bits per heavy atom. The number of carbonyl (C=O) groups is 1. The number of carbonyl (C=O) groups excluding carboxylic acids is 1. The second-order valence-electron chi connectivity index (χ2n) is 5.90. The quantitative estimate of drug-likeness (QED) is 0.667. The van der Waals surface area contributed by atoms with Crippen LogP contribution < -0.4 is 9.84 Å². The van der Waals surface area contributed by atoms with E-state index < -0.39 is 11.9 Å². The molecule has 0 radical (unpaired) electrons. The van der Waals surface area contributed by atoms with E-state index in [1.54, 1.807) is 24.3 Å². The van der Waals surface area contributed by atoms with Crippen molar-refractivity contribution in [2.45, 2.75) is 18.9 Å². The van der Waals surface area contributed by atoms with Gasteiger partial charge in [0.1, 0.15) is 12.4 Å². The normalized spacial score (nSPS) is 11.7. The van der Waals surface area contributed by atoms with Gasteiger partial charge in [0.15, 0.2) is 0 Å². The van der Waals surface area contributed by atoms with Gasteiger partial charge >= 0.3 is 0 Å². The molecule has 3 heteroatoms. The van der Waals surface area contributed by atoms with Crippen LogP contribution in [0, 0.1) is 0 Å². The number of rotatable bonds is 7. The zero-order valence-electron chi connectivity index (χ0n) is 13.8. The fourth-order valence-electron chi connectivity index (χ4n) is 2.72. The molecule has 25 heavy (non-hydrogen) atoms. The second kappa shape index (κ2) is 8.15. The van der Waals surface area contributed by atoms with Gasteiger partial charge in [-0.1, -0.05) is 72.8 Å². The minimum Gasteiger partial charge on any atom is -0.549 e. The molecule has 0 amide bonds. The van der Waals surface area contributed by atoms with E-state index in [1.807, 2.05) is 60.7 Å². The molecule has 3 rings (SSSR count). The maximum Gasteiger partial charge on any atom is 0.119 e. The minimum atomic E-state index is -1.07. The molecule has 0 aliphatic heterocycles. The molecule has 1 atom stereocenters. The molecule has 0 N–H and O–H groups in total. The average Bonchev–Trinajstić information content (AvgIpc) is 2.66. The van der Waals surface area contributed by atoms with Crippen molar-refractivity contribution in [2.24, 2.45) is 0 Å². The molecule has 0 fully saturated rings. The highest BCUT2D eigenvalue weighted by atomic mass is 16.5. The molecule has 1 unspecified atom stereocenters. The van der Waals surface area contributed by atoms with E-state index in [0.29, 0.717) is 18.8 Å². The first-order valence-corrected chi connectivity index (χ1v) is 8.24. The smallest absolute Gasteiger partial charge is 0.119 e. The van der Waals surface area contributed by atoms with Crippen LogP contribution in [0.5, 0.6) is 5.75 Å². The number of carboxylic acids is 1. The van der Waals surface area contributed by atoms with Gasteiger partial charge in [0.05, 0.1) is 0 Å². The predicted molar refractivity (Wildman–Crippen MR) is 95.1 cm³/mol. The molecule has 0 saturated carbocycles. The van der Waals surface area contributed by atoms with Gasteiger partial charge in [0.2, 0.25) is 0 Å². The van der Waals surface area contributed by atoms with Crippen LogP contribution in [-0.4, -0.2) is 5.97 Å². The lowest BCUT2D eigenvalue weighted by Gasteiger charge is -2.19. The Hall–Kier alpha value is -3.07. The Kier molecular flexibility index (Phi) is 5.47. The minimum absolute atomic E-state index is 0.410. The van der Waals surface area contributed by atoms with E-state index in [9.17, 15) is 9.90 Å². The molecule has 0 heterocycles. The maximum absolute atomic E-state index is 11.6. The van der Waals surface area contributed by atoms with Gasteiger partial charge in [-0.3, -0.25) is 0 Å². The van der Waals surface area contributed by atoms with Gasteiger partial charge < -0.3 is 14.6 Å². The SMILES string of the molecule is O=C([O-])C(Cc1ccccc1)c1ccc(OCc2ccccc2)cc1. The summed E-state index contributed by atoms with van der Waals surface area (Å²) in [4.78, 5) is 11.6. The van der Waals surface area contributed by atoms with Crippen LogP contribution in [0.4, 0.5) is 0 Å². The van der Waals surface area contributed by atoms with Crippen molar-refractivity contribution >= 4 is 5.97 Å². The summed E-state index contributed by atoms with van der Waals surface area (Å²) < 4.78 is 5.74. The lowest BCUT2D eigenvalue weighted by atomic mass is 9.92. The molecule has 3 aromatic carbocycles. The fourth-order valence-corrected chi connectivity index (χ4v) is 2.72.